The van der Waals surface area contributed by atoms with Crippen LogP contribution in [0.25, 0.3) is 0 Å². The van der Waals surface area contributed by atoms with E-state index < -0.39 is 0 Å². The van der Waals surface area contributed by atoms with Gasteiger partial charge in [0, 0.05) is 6.42 Å². The van der Waals surface area contributed by atoms with Crippen LogP contribution in [0.2, 0.25) is 0 Å². The van der Waals surface area contributed by atoms with Crippen LogP contribution >= 0.6 is 0 Å². The van der Waals surface area contributed by atoms with E-state index in [1.165, 1.54) is 6.08 Å². The van der Waals surface area contributed by atoms with Crippen LogP contribution in [-0.2, 0) is 11.2 Å². The molecule has 0 spiro atoms. The molecule has 1 aromatic heterocycles. The highest BCUT2D eigenvalue weighted by Gasteiger charge is 2.01. The van der Waals surface area contributed by atoms with Crippen molar-refractivity contribution in [3.63, 3.8) is 0 Å². The number of aliphatic imine (C=N–C) groups is 1. The lowest BCUT2D eigenvalue weighted by molar-refractivity contribution is 0.565. The van der Waals surface area contributed by atoms with Gasteiger partial charge in [0.05, 0.1) is 5.69 Å². The zero-order valence-electron chi connectivity index (χ0n) is 8.77. The molecule has 0 aliphatic carbocycles. The summed E-state index contributed by atoms with van der Waals surface area (Å²) in [7, 11) is 0. The SMILES string of the molecule is Cc1nc(Cc2ccc(N=C=O)cc2)n[nH]1. The molecule has 0 radical (unpaired) electrons. The largest absolute Gasteiger partial charge is 0.263 e. The standard InChI is InChI=1S/C11H10N4O/c1-8-13-11(15-14-8)6-9-2-4-10(5-3-9)12-7-16/h2-5H,6H2,1H3,(H,13,14,15). The zero-order chi connectivity index (χ0) is 11.4. The van der Waals surface area contributed by atoms with E-state index in [1.807, 2.05) is 19.1 Å². The highest BCUT2D eigenvalue weighted by atomic mass is 16.1. The van der Waals surface area contributed by atoms with Crippen LogP contribution in [-0.4, -0.2) is 21.3 Å². The summed E-state index contributed by atoms with van der Waals surface area (Å²) in [5.74, 6) is 1.56. The van der Waals surface area contributed by atoms with Gasteiger partial charge in [0.25, 0.3) is 0 Å². The molecule has 2 rings (SSSR count). The Bertz CT molecular complexity index is 523. The van der Waals surface area contributed by atoms with Crippen molar-refractivity contribution in [3.05, 3.63) is 41.5 Å². The van der Waals surface area contributed by atoms with Crippen LogP contribution in [0.3, 0.4) is 0 Å². The van der Waals surface area contributed by atoms with E-state index in [-0.39, 0.29) is 0 Å². The van der Waals surface area contributed by atoms with Crippen LogP contribution in [0.15, 0.2) is 29.3 Å². The van der Waals surface area contributed by atoms with Gasteiger partial charge >= 0.3 is 0 Å². The summed E-state index contributed by atoms with van der Waals surface area (Å²) in [4.78, 5) is 17.8. The minimum Gasteiger partial charge on any atom is -0.263 e. The fourth-order valence-corrected chi connectivity index (χ4v) is 1.39. The number of nitrogens with one attached hydrogen (secondary N) is 1. The Morgan fingerprint density at radius 1 is 1.38 bits per heavy atom. The molecule has 0 amide bonds. The molecular formula is C11H10N4O. The third kappa shape index (κ3) is 2.40. The van der Waals surface area contributed by atoms with Gasteiger partial charge < -0.3 is 0 Å². The molecule has 0 fully saturated rings. The molecule has 5 heteroatoms. The van der Waals surface area contributed by atoms with Crippen LogP contribution in [0.4, 0.5) is 5.69 Å². The number of aromatic amines is 1. The summed E-state index contributed by atoms with van der Waals surface area (Å²) in [6.07, 6.45) is 2.16. The molecule has 5 nitrogen and oxygen atoms in total. The zero-order valence-corrected chi connectivity index (χ0v) is 8.77. The number of aryl methyl sites for hydroxylation is 1. The average molecular weight is 214 g/mol. The molecular weight excluding hydrogens is 204 g/mol. The van der Waals surface area contributed by atoms with Gasteiger partial charge in [-0.25, -0.2) is 9.78 Å². The normalized spacial score (nSPS) is 9.81. The maximum Gasteiger partial charge on any atom is 0.240 e. The first-order valence-corrected chi connectivity index (χ1v) is 4.82. The first-order valence-electron chi connectivity index (χ1n) is 4.82. The number of benzene rings is 1. The maximum atomic E-state index is 10.0. The van der Waals surface area contributed by atoms with Crippen molar-refractivity contribution in [2.45, 2.75) is 13.3 Å². The van der Waals surface area contributed by atoms with Crippen molar-refractivity contribution in [2.24, 2.45) is 4.99 Å². The summed E-state index contributed by atoms with van der Waals surface area (Å²) in [5, 5.41) is 6.84. The van der Waals surface area contributed by atoms with Crippen molar-refractivity contribution >= 4 is 11.8 Å². The summed E-state index contributed by atoms with van der Waals surface area (Å²) in [6.45, 7) is 1.86. The third-order valence-corrected chi connectivity index (χ3v) is 2.12. The van der Waals surface area contributed by atoms with Crippen molar-refractivity contribution in [3.8, 4) is 0 Å². The Balaban J connectivity index is 2.13. The predicted molar refractivity (Wildman–Crippen MR) is 58.1 cm³/mol. The summed E-state index contributed by atoms with van der Waals surface area (Å²) >= 11 is 0. The molecule has 2 aromatic rings. The molecule has 0 aliphatic rings. The summed E-state index contributed by atoms with van der Waals surface area (Å²) in [6, 6.07) is 7.31. The molecule has 0 bridgehead atoms. The van der Waals surface area contributed by atoms with Gasteiger partial charge in [-0.05, 0) is 24.6 Å². The van der Waals surface area contributed by atoms with E-state index in [0.29, 0.717) is 12.1 Å². The molecule has 0 atom stereocenters. The molecule has 0 saturated carbocycles. The van der Waals surface area contributed by atoms with E-state index in [0.717, 1.165) is 17.2 Å². The van der Waals surface area contributed by atoms with E-state index >= 15 is 0 Å². The second kappa shape index (κ2) is 4.51. The number of rotatable bonds is 3. The highest BCUT2D eigenvalue weighted by Crippen LogP contribution is 2.13. The van der Waals surface area contributed by atoms with Gasteiger partial charge in [-0.2, -0.15) is 10.1 Å². The average Bonchev–Trinajstić information content (AvgIpc) is 2.67. The number of nitrogens with zero attached hydrogens (tertiary/aromatic N) is 3. The Labute approximate surface area is 92.3 Å². The lowest BCUT2D eigenvalue weighted by Gasteiger charge is -1.97. The lowest BCUT2D eigenvalue weighted by atomic mass is 10.1. The van der Waals surface area contributed by atoms with Gasteiger partial charge in [0.1, 0.15) is 5.82 Å². The van der Waals surface area contributed by atoms with Gasteiger partial charge in [0.2, 0.25) is 6.08 Å². The van der Waals surface area contributed by atoms with E-state index in [2.05, 4.69) is 20.2 Å². The van der Waals surface area contributed by atoms with Crippen molar-refractivity contribution < 1.29 is 4.79 Å². The molecule has 1 N–H and O–H groups in total. The topological polar surface area (TPSA) is 71.0 Å². The first-order chi connectivity index (χ1) is 7.78. The minimum absolute atomic E-state index is 0.602. The number of H-pyrrole nitrogens is 1. The smallest absolute Gasteiger partial charge is 0.240 e. The van der Waals surface area contributed by atoms with Gasteiger partial charge in [-0.3, -0.25) is 5.10 Å². The second-order valence-corrected chi connectivity index (χ2v) is 3.38. The van der Waals surface area contributed by atoms with Crippen molar-refractivity contribution in [1.82, 2.24) is 15.2 Å². The predicted octanol–water partition coefficient (Wildman–Crippen LogP) is 1.67. The minimum atomic E-state index is 0.602. The number of isocyanates is 1. The van der Waals surface area contributed by atoms with E-state index in [1.54, 1.807) is 12.1 Å². The fraction of sp³-hybridized carbons (Fsp3) is 0.182. The number of hydrogen-bond donors (Lipinski definition) is 1. The fourth-order valence-electron chi connectivity index (χ4n) is 1.39. The van der Waals surface area contributed by atoms with Gasteiger partial charge in [-0.1, -0.05) is 12.1 Å². The van der Waals surface area contributed by atoms with E-state index in [4.69, 9.17) is 0 Å². The van der Waals surface area contributed by atoms with Crippen LogP contribution in [0.1, 0.15) is 17.2 Å². The second-order valence-electron chi connectivity index (χ2n) is 3.38. The molecule has 80 valence electrons. The summed E-state index contributed by atoms with van der Waals surface area (Å²) in [5.41, 5.74) is 1.67. The van der Waals surface area contributed by atoms with E-state index in [9.17, 15) is 4.79 Å². The Hall–Kier alpha value is -2.26. The quantitative estimate of drug-likeness (QED) is 0.624. The summed E-state index contributed by atoms with van der Waals surface area (Å²) < 4.78 is 0. The van der Waals surface area contributed by atoms with Crippen LogP contribution in [0.5, 0.6) is 0 Å². The van der Waals surface area contributed by atoms with Crippen LogP contribution < -0.4 is 0 Å². The Morgan fingerprint density at radius 3 is 2.69 bits per heavy atom. The van der Waals surface area contributed by atoms with Gasteiger partial charge in [-0.15, -0.1) is 0 Å². The number of aromatic nitrogens is 3. The third-order valence-electron chi connectivity index (χ3n) is 2.12. The monoisotopic (exact) mass is 214 g/mol. The molecule has 0 unspecified atom stereocenters. The highest BCUT2D eigenvalue weighted by molar-refractivity contribution is 5.49. The number of hydrogen-bond acceptors (Lipinski definition) is 4. The maximum absolute atomic E-state index is 10.0. The van der Waals surface area contributed by atoms with Gasteiger partial charge in [0.15, 0.2) is 5.82 Å². The Kier molecular flexibility index (Phi) is 2.89. The van der Waals surface area contributed by atoms with Crippen molar-refractivity contribution in [1.29, 1.82) is 0 Å². The van der Waals surface area contributed by atoms with Crippen molar-refractivity contribution in [2.75, 3.05) is 0 Å². The molecule has 0 aliphatic heterocycles. The van der Waals surface area contributed by atoms with Crippen LogP contribution in [0, 0.1) is 6.92 Å². The Morgan fingerprint density at radius 2 is 2.12 bits per heavy atom. The molecule has 1 aromatic carbocycles. The lowest BCUT2D eigenvalue weighted by Crippen LogP contribution is -1.90. The molecule has 0 saturated heterocycles. The molecule has 16 heavy (non-hydrogen) atoms. The molecule has 1 heterocycles. The number of carbonyl (C=O) groups excluding carboxylic acids is 1. The first kappa shape index (κ1) is 10.3.